The standard InChI is InChI=1S/C9H8F4O/c1-14-8-4-7(9(11,12)13)3-2-6(8)5-10/h2-4H,5H2,1H3. The zero-order chi connectivity index (χ0) is 10.8. The van der Waals surface area contributed by atoms with Crippen LogP contribution >= 0.6 is 0 Å². The summed E-state index contributed by atoms with van der Waals surface area (Å²) in [5.41, 5.74) is -0.730. The van der Waals surface area contributed by atoms with Crippen LogP contribution < -0.4 is 4.74 Å². The summed E-state index contributed by atoms with van der Waals surface area (Å²) in [6.45, 7) is -0.846. The molecule has 0 aliphatic rings. The van der Waals surface area contributed by atoms with Crippen molar-refractivity contribution in [1.82, 2.24) is 0 Å². The third kappa shape index (κ3) is 2.16. The second-order valence-corrected chi connectivity index (χ2v) is 2.66. The first kappa shape index (κ1) is 10.8. The molecule has 0 N–H and O–H groups in total. The van der Waals surface area contributed by atoms with Gasteiger partial charge < -0.3 is 4.74 Å². The van der Waals surface area contributed by atoms with Crippen molar-refractivity contribution in [1.29, 1.82) is 0 Å². The fraction of sp³-hybridized carbons (Fsp3) is 0.333. The molecule has 0 saturated heterocycles. The Morgan fingerprint density at radius 1 is 1.29 bits per heavy atom. The molecule has 78 valence electrons. The maximum absolute atomic E-state index is 12.2. The molecule has 0 heterocycles. The van der Waals surface area contributed by atoms with Crippen molar-refractivity contribution in [2.45, 2.75) is 12.9 Å². The molecule has 0 aromatic heterocycles. The van der Waals surface area contributed by atoms with Crippen LogP contribution in [0.4, 0.5) is 17.6 Å². The van der Waals surface area contributed by atoms with Crippen LogP contribution in [0.5, 0.6) is 5.75 Å². The van der Waals surface area contributed by atoms with Crippen molar-refractivity contribution < 1.29 is 22.3 Å². The third-order valence-electron chi connectivity index (χ3n) is 1.76. The molecule has 1 aromatic rings. The van der Waals surface area contributed by atoms with E-state index in [1.807, 2.05) is 0 Å². The Bertz CT molecular complexity index is 319. The van der Waals surface area contributed by atoms with Gasteiger partial charge in [-0.1, -0.05) is 6.07 Å². The van der Waals surface area contributed by atoms with Gasteiger partial charge >= 0.3 is 6.18 Å². The summed E-state index contributed by atoms with van der Waals surface area (Å²) >= 11 is 0. The highest BCUT2D eigenvalue weighted by atomic mass is 19.4. The van der Waals surface area contributed by atoms with E-state index in [4.69, 9.17) is 0 Å². The summed E-state index contributed by atoms with van der Waals surface area (Å²) < 4.78 is 53.4. The van der Waals surface area contributed by atoms with Gasteiger partial charge in [-0.3, -0.25) is 0 Å². The van der Waals surface area contributed by atoms with E-state index in [1.165, 1.54) is 7.11 Å². The normalized spacial score (nSPS) is 11.5. The van der Waals surface area contributed by atoms with Crippen molar-refractivity contribution in [3.63, 3.8) is 0 Å². The van der Waals surface area contributed by atoms with Crippen LogP contribution in [0.2, 0.25) is 0 Å². The van der Waals surface area contributed by atoms with Gasteiger partial charge in [0.15, 0.2) is 0 Å². The SMILES string of the molecule is COc1cc(C(F)(F)F)ccc1CF. The molecule has 0 amide bonds. The van der Waals surface area contributed by atoms with Crippen molar-refractivity contribution >= 4 is 0 Å². The summed E-state index contributed by atoms with van der Waals surface area (Å²) in [5, 5.41) is 0. The van der Waals surface area contributed by atoms with Crippen LogP contribution in [0, 0.1) is 0 Å². The van der Waals surface area contributed by atoms with Gasteiger partial charge in [0.2, 0.25) is 0 Å². The average molecular weight is 208 g/mol. The topological polar surface area (TPSA) is 9.23 Å². The van der Waals surface area contributed by atoms with Crippen molar-refractivity contribution in [2.24, 2.45) is 0 Å². The number of rotatable bonds is 2. The minimum atomic E-state index is -4.43. The number of hydrogen-bond donors (Lipinski definition) is 0. The number of alkyl halides is 4. The molecule has 1 nitrogen and oxygen atoms in total. The first-order valence-electron chi connectivity index (χ1n) is 3.79. The smallest absolute Gasteiger partial charge is 0.416 e. The maximum Gasteiger partial charge on any atom is 0.416 e. The Balaban J connectivity index is 3.14. The van der Waals surface area contributed by atoms with E-state index in [0.29, 0.717) is 0 Å². The molecule has 5 heteroatoms. The van der Waals surface area contributed by atoms with Gasteiger partial charge in [0.1, 0.15) is 12.4 Å². The lowest BCUT2D eigenvalue weighted by Crippen LogP contribution is -2.05. The molecular weight excluding hydrogens is 200 g/mol. The number of methoxy groups -OCH3 is 1. The van der Waals surface area contributed by atoms with E-state index in [0.717, 1.165) is 18.2 Å². The lowest BCUT2D eigenvalue weighted by Gasteiger charge is -2.10. The minimum Gasteiger partial charge on any atom is -0.496 e. The first-order chi connectivity index (χ1) is 6.49. The van der Waals surface area contributed by atoms with Crippen LogP contribution in [-0.2, 0) is 12.9 Å². The van der Waals surface area contributed by atoms with E-state index in [-0.39, 0.29) is 11.3 Å². The molecule has 0 fully saturated rings. The van der Waals surface area contributed by atoms with Gasteiger partial charge in [-0.2, -0.15) is 13.2 Å². The van der Waals surface area contributed by atoms with Gasteiger partial charge in [0.25, 0.3) is 0 Å². The van der Waals surface area contributed by atoms with Crippen LogP contribution in [0.1, 0.15) is 11.1 Å². The van der Waals surface area contributed by atoms with E-state index >= 15 is 0 Å². The number of halogens is 4. The van der Waals surface area contributed by atoms with Crippen molar-refractivity contribution in [2.75, 3.05) is 7.11 Å². The van der Waals surface area contributed by atoms with Crippen LogP contribution in [0.15, 0.2) is 18.2 Å². The first-order valence-corrected chi connectivity index (χ1v) is 3.79. The molecule has 0 bridgehead atoms. The Hall–Kier alpha value is -1.26. The average Bonchev–Trinajstić information content (AvgIpc) is 2.15. The predicted molar refractivity (Wildman–Crippen MR) is 42.8 cm³/mol. The van der Waals surface area contributed by atoms with E-state index in [1.54, 1.807) is 0 Å². The van der Waals surface area contributed by atoms with Gasteiger partial charge in [-0.15, -0.1) is 0 Å². The van der Waals surface area contributed by atoms with Crippen molar-refractivity contribution in [3.8, 4) is 5.75 Å². The summed E-state index contributed by atoms with van der Waals surface area (Å²) in [4.78, 5) is 0. The molecule has 0 aliphatic heterocycles. The number of benzene rings is 1. The van der Waals surface area contributed by atoms with Crippen LogP contribution in [0.25, 0.3) is 0 Å². The Morgan fingerprint density at radius 2 is 1.93 bits per heavy atom. The molecule has 0 aliphatic carbocycles. The fourth-order valence-corrected chi connectivity index (χ4v) is 1.03. The van der Waals surface area contributed by atoms with Crippen LogP contribution in [-0.4, -0.2) is 7.11 Å². The van der Waals surface area contributed by atoms with Gasteiger partial charge in [0.05, 0.1) is 12.7 Å². The van der Waals surface area contributed by atoms with Crippen molar-refractivity contribution in [3.05, 3.63) is 29.3 Å². The molecule has 0 unspecified atom stereocenters. The summed E-state index contributed by atoms with van der Waals surface area (Å²) in [6.07, 6.45) is -4.43. The Morgan fingerprint density at radius 3 is 2.36 bits per heavy atom. The highest BCUT2D eigenvalue weighted by molar-refractivity contribution is 5.38. The largest absolute Gasteiger partial charge is 0.496 e. The van der Waals surface area contributed by atoms with Gasteiger partial charge in [-0.05, 0) is 12.1 Å². The lowest BCUT2D eigenvalue weighted by atomic mass is 10.1. The molecule has 1 rings (SSSR count). The van der Waals surface area contributed by atoms with E-state index < -0.39 is 18.4 Å². The minimum absolute atomic E-state index is 0.0812. The molecule has 0 atom stereocenters. The second kappa shape index (κ2) is 3.86. The zero-order valence-electron chi connectivity index (χ0n) is 7.36. The molecule has 1 aromatic carbocycles. The summed E-state index contributed by atoms with van der Waals surface area (Å²) in [7, 11) is 1.20. The summed E-state index contributed by atoms with van der Waals surface area (Å²) in [5.74, 6) is -0.0812. The van der Waals surface area contributed by atoms with E-state index in [9.17, 15) is 17.6 Å². The second-order valence-electron chi connectivity index (χ2n) is 2.66. The molecular formula is C9H8F4O. The Kier molecular flexibility index (Phi) is 2.98. The highest BCUT2D eigenvalue weighted by Crippen LogP contribution is 2.33. The quantitative estimate of drug-likeness (QED) is 0.678. The lowest BCUT2D eigenvalue weighted by molar-refractivity contribution is -0.137. The highest BCUT2D eigenvalue weighted by Gasteiger charge is 2.31. The van der Waals surface area contributed by atoms with E-state index in [2.05, 4.69) is 4.74 Å². The number of hydrogen-bond acceptors (Lipinski definition) is 1. The predicted octanol–water partition coefficient (Wildman–Crippen LogP) is 3.18. The maximum atomic E-state index is 12.2. The summed E-state index contributed by atoms with van der Waals surface area (Å²) in [6, 6.07) is 2.69. The van der Waals surface area contributed by atoms with Gasteiger partial charge in [0, 0.05) is 5.56 Å². The van der Waals surface area contributed by atoms with Crippen LogP contribution in [0.3, 0.4) is 0 Å². The molecule has 0 saturated carbocycles. The molecule has 0 spiro atoms. The zero-order valence-corrected chi connectivity index (χ0v) is 7.36. The van der Waals surface area contributed by atoms with Gasteiger partial charge in [-0.25, -0.2) is 4.39 Å². The Labute approximate surface area is 78.3 Å². The number of ether oxygens (including phenoxy) is 1. The monoisotopic (exact) mass is 208 g/mol. The molecule has 14 heavy (non-hydrogen) atoms. The third-order valence-corrected chi connectivity index (χ3v) is 1.76. The fourth-order valence-electron chi connectivity index (χ4n) is 1.03. The molecule has 0 radical (unpaired) electrons.